The molecule has 0 fully saturated rings. The summed E-state index contributed by atoms with van der Waals surface area (Å²) in [5, 5.41) is 25.8. The first kappa shape index (κ1) is 39.3. The maximum atomic E-state index is 8.58. The van der Waals surface area contributed by atoms with Gasteiger partial charge in [-0.2, -0.15) is 0 Å². The van der Waals surface area contributed by atoms with Crippen molar-refractivity contribution >= 4 is 67.1 Å². The maximum Gasteiger partial charge on any atom is 0.102 e. The molecule has 7 aromatic rings. The molecule has 254 valence electrons. The van der Waals surface area contributed by atoms with Crippen molar-refractivity contribution in [2.75, 3.05) is 0 Å². The minimum atomic E-state index is -1.34. The van der Waals surface area contributed by atoms with Crippen LogP contribution in [0.25, 0.3) is 0 Å². The van der Waals surface area contributed by atoms with Gasteiger partial charge >= 0.3 is 34.5 Å². The first-order valence-corrected chi connectivity index (χ1v) is 23.4. The molecule has 2 N–H and O–H groups in total. The fraction of sp³-hybridized carbons (Fsp3) is 0.0233. The van der Waals surface area contributed by atoms with Gasteiger partial charge in [-0.15, -0.1) is 0 Å². The van der Waals surface area contributed by atoms with E-state index in [1.54, 1.807) is 24.3 Å². The summed E-state index contributed by atoms with van der Waals surface area (Å²) >= 11 is -0.346. The van der Waals surface area contributed by atoms with Crippen LogP contribution < -0.4 is 31.8 Å². The van der Waals surface area contributed by atoms with E-state index < -0.39 is 22.1 Å². The van der Waals surface area contributed by atoms with Gasteiger partial charge in [0.05, 0.1) is 15.8 Å². The van der Waals surface area contributed by atoms with E-state index in [4.69, 9.17) is 29.6 Å². The van der Waals surface area contributed by atoms with Crippen molar-refractivity contribution in [2.24, 2.45) is 0 Å². The van der Waals surface area contributed by atoms with Crippen LogP contribution in [-0.4, -0.2) is 10.2 Å². The fourth-order valence-electron chi connectivity index (χ4n) is 5.25. The smallest absolute Gasteiger partial charge is 0.0620 e. The average Bonchev–Trinajstić information content (AvgIpc) is 3.19. The average molecular weight is 823 g/mol. The van der Waals surface area contributed by atoms with E-state index in [-0.39, 0.29) is 15.1 Å². The molecule has 0 saturated carbocycles. The Morgan fingerprint density at radius 1 is 0.320 bits per heavy atom. The number of benzene rings is 7. The zero-order chi connectivity index (χ0) is 35.2. The van der Waals surface area contributed by atoms with Gasteiger partial charge in [0.15, 0.2) is 6.29 Å². The second kappa shape index (κ2) is 23.1. The molecular weight excluding hydrogens is 782 g/mol. The Bertz CT molecular complexity index is 1550. The van der Waals surface area contributed by atoms with Crippen LogP contribution in [0.5, 0.6) is 0 Å². The van der Waals surface area contributed by atoms with Gasteiger partial charge in [0.2, 0.25) is 0 Å². The normalized spacial score (nSPS) is 10.3. The van der Waals surface area contributed by atoms with Gasteiger partial charge in [0, 0.05) is 5.56 Å². The first-order chi connectivity index (χ1) is 24.6. The molecule has 0 atom stereocenters. The van der Waals surface area contributed by atoms with Crippen LogP contribution in [0.1, 0.15) is 11.9 Å². The number of hydrogen-bond donors (Lipinski definition) is 2. The molecule has 0 spiro atoms. The summed E-state index contributed by atoms with van der Waals surface area (Å²) < 4.78 is 0. The first-order valence-electron chi connectivity index (χ1n) is 15.9. The third-order valence-electron chi connectivity index (χ3n) is 7.47. The second-order valence-electron chi connectivity index (χ2n) is 10.8. The summed E-state index contributed by atoms with van der Waals surface area (Å²) in [7, 11) is 7.95. The quantitative estimate of drug-likeness (QED) is 0.0965. The molecule has 0 aromatic heterocycles. The van der Waals surface area contributed by atoms with E-state index in [0.717, 1.165) is 0 Å². The predicted molar refractivity (Wildman–Crippen MR) is 218 cm³/mol. The summed E-state index contributed by atoms with van der Waals surface area (Å²) in [4.78, 5) is 0. The van der Waals surface area contributed by atoms with Crippen molar-refractivity contribution in [2.45, 2.75) is 6.29 Å². The Hall–Kier alpha value is -3.48. The van der Waals surface area contributed by atoms with Crippen LogP contribution in [0, 0.1) is 0 Å². The largest absolute Gasteiger partial charge is 0.102 e. The van der Waals surface area contributed by atoms with Crippen LogP contribution in [0.3, 0.4) is 0 Å². The molecule has 0 aliphatic heterocycles. The van der Waals surface area contributed by atoms with Gasteiger partial charge in [-0.25, -0.2) is 0 Å². The van der Waals surface area contributed by atoms with Gasteiger partial charge in [-0.1, -0.05) is 140 Å². The Labute approximate surface area is 314 Å². The molecule has 0 heterocycles. The number of aliphatic hydroxyl groups is 2. The number of halogens is 2. The monoisotopic (exact) mass is 822 g/mol. The van der Waals surface area contributed by atoms with Crippen molar-refractivity contribution < 1.29 is 25.4 Å². The van der Waals surface area contributed by atoms with Crippen LogP contribution in [0.15, 0.2) is 212 Å². The van der Waals surface area contributed by atoms with Crippen molar-refractivity contribution in [3.63, 3.8) is 0 Å². The zero-order valence-corrected chi connectivity index (χ0v) is 32.5. The van der Waals surface area contributed by atoms with Crippen molar-refractivity contribution in [1.82, 2.24) is 0 Å². The molecule has 0 bridgehead atoms. The molecule has 0 radical (unpaired) electrons. The molecule has 7 heteroatoms. The molecule has 0 aliphatic rings. The third-order valence-corrected chi connectivity index (χ3v) is 12.9. The van der Waals surface area contributed by atoms with Gasteiger partial charge in [-0.05, 0) is 72.8 Å². The Morgan fingerprint density at radius 2 is 0.480 bits per heavy atom. The molecule has 0 amide bonds. The van der Waals surface area contributed by atoms with E-state index in [1.807, 2.05) is 6.07 Å². The fourth-order valence-corrected chi connectivity index (χ4v) is 10.4. The second-order valence-corrected chi connectivity index (χ2v) is 18.4. The van der Waals surface area contributed by atoms with E-state index in [9.17, 15) is 0 Å². The van der Waals surface area contributed by atoms with E-state index in [1.165, 1.54) is 31.8 Å². The standard InChI is InChI=1S/2C18H15P.C7H8O2.2ClH.Ru/c2*1-4-10-16(11-5-1)19(17-12-6-2-7-13-17)18-14-8-3-9-15-18;8-7(9)6-4-2-1-3-5-6;;;/h2*1-15H;1-5,7-9H;2*1H;/q;;;;;+2. The van der Waals surface area contributed by atoms with Crippen molar-refractivity contribution in [3.8, 4) is 0 Å². The Balaban J connectivity index is 0.000000171. The van der Waals surface area contributed by atoms with Gasteiger partial charge < -0.3 is 10.2 Å². The maximum absolute atomic E-state index is 8.58. The molecule has 0 unspecified atom stereocenters. The summed E-state index contributed by atoms with van der Waals surface area (Å²) in [5.74, 6) is 0. The Kier molecular flexibility index (Phi) is 18.1. The predicted octanol–water partition coefficient (Wildman–Crippen LogP) is 8.40. The van der Waals surface area contributed by atoms with Gasteiger partial charge in [0.1, 0.15) is 31.8 Å². The van der Waals surface area contributed by atoms with Crippen LogP contribution >= 0.6 is 35.2 Å². The van der Waals surface area contributed by atoms with E-state index in [0.29, 0.717) is 5.56 Å². The summed E-state index contributed by atoms with van der Waals surface area (Å²) in [6.07, 6.45) is -1.34. The van der Waals surface area contributed by atoms with E-state index in [2.05, 4.69) is 182 Å². The van der Waals surface area contributed by atoms with Crippen LogP contribution in [0.4, 0.5) is 0 Å². The zero-order valence-electron chi connectivity index (χ0n) is 27.3. The van der Waals surface area contributed by atoms with Gasteiger partial charge in [0.25, 0.3) is 0 Å². The topological polar surface area (TPSA) is 40.5 Å². The minimum Gasteiger partial charge on any atom is -0.0620 e. The summed E-state index contributed by atoms with van der Waals surface area (Å²) in [5.41, 5.74) is 0.525. The molecular formula is C43H40Cl2O2P2Ru+2. The Morgan fingerprint density at radius 3 is 0.620 bits per heavy atom. The van der Waals surface area contributed by atoms with Crippen molar-refractivity contribution in [1.29, 1.82) is 0 Å². The minimum absolute atomic E-state index is 0.346. The molecule has 0 aliphatic carbocycles. The summed E-state index contributed by atoms with van der Waals surface area (Å²) in [6, 6.07) is 73.7. The third kappa shape index (κ3) is 13.0. The number of rotatable bonds is 7. The molecule has 7 aromatic carbocycles. The molecule has 7 rings (SSSR count). The molecule has 50 heavy (non-hydrogen) atoms. The van der Waals surface area contributed by atoms with Gasteiger partial charge in [-0.3, -0.25) is 0 Å². The number of aliphatic hydroxyl groups excluding tert-OH is 1. The summed E-state index contributed by atoms with van der Waals surface area (Å²) in [6.45, 7) is 0. The molecule has 2 nitrogen and oxygen atoms in total. The van der Waals surface area contributed by atoms with Crippen LogP contribution in [0.2, 0.25) is 0 Å². The molecule has 0 saturated heterocycles. The van der Waals surface area contributed by atoms with Crippen molar-refractivity contribution in [3.05, 3.63) is 218 Å². The van der Waals surface area contributed by atoms with Crippen LogP contribution in [-0.2, 0) is 15.1 Å². The number of hydrogen-bond acceptors (Lipinski definition) is 2. The van der Waals surface area contributed by atoms with E-state index >= 15 is 0 Å². The SMILES string of the molecule is OC(O)c1ccccc1.[Cl][Ru][Cl].c1ccc([PH+](c2ccccc2)c2ccccc2)cc1.c1ccc([PH+](c2ccccc2)c2ccccc2)cc1.